The highest BCUT2D eigenvalue weighted by Crippen LogP contribution is 2.71. The average molecular weight is 765 g/mol. The van der Waals surface area contributed by atoms with Gasteiger partial charge in [-0.15, -0.1) is 0 Å². The van der Waals surface area contributed by atoms with Crippen molar-refractivity contribution in [2.75, 3.05) is 7.11 Å². The summed E-state index contributed by atoms with van der Waals surface area (Å²) in [6.07, 6.45) is -0.668. The topological polar surface area (TPSA) is 191 Å². The summed E-state index contributed by atoms with van der Waals surface area (Å²) in [5.41, 5.74) is -6.06. The van der Waals surface area contributed by atoms with Crippen LogP contribution in [0.1, 0.15) is 113 Å². The predicted molar refractivity (Wildman–Crippen MR) is 195 cm³/mol. The van der Waals surface area contributed by atoms with Gasteiger partial charge in [0.1, 0.15) is 35.1 Å². The first-order valence-electron chi connectivity index (χ1n) is 19.9. The van der Waals surface area contributed by atoms with Gasteiger partial charge >= 0.3 is 5.97 Å². The van der Waals surface area contributed by atoms with Gasteiger partial charge in [-0.1, -0.05) is 38.0 Å². The van der Waals surface area contributed by atoms with E-state index in [0.29, 0.717) is 25.7 Å². The van der Waals surface area contributed by atoms with Crippen LogP contribution in [0.15, 0.2) is 23.3 Å². The number of methoxy groups -OCH3 is 1. The molecular weight excluding hydrogens is 700 g/mol. The Morgan fingerprint density at radius 2 is 1.61 bits per heavy atom. The molecule has 0 aromatic rings. The van der Waals surface area contributed by atoms with Crippen LogP contribution in [0.25, 0.3) is 0 Å². The van der Waals surface area contributed by atoms with Crippen molar-refractivity contribution in [2.24, 2.45) is 22.7 Å². The highest BCUT2D eigenvalue weighted by atomic mass is 16.7. The zero-order valence-electron chi connectivity index (χ0n) is 33.4. The molecule has 5 N–H and O–H groups in total. The third-order valence-electron chi connectivity index (χ3n) is 14.9. The minimum atomic E-state index is -2.01. The molecule has 0 aromatic heterocycles. The normalized spacial score (nSPS) is 49.4. The molecule has 4 aliphatic carbocycles. The lowest BCUT2D eigenvalue weighted by molar-refractivity contribution is -0.320. The highest BCUT2D eigenvalue weighted by Gasteiger charge is 2.81. The summed E-state index contributed by atoms with van der Waals surface area (Å²) in [7, 11) is 1.53. The molecule has 13 nitrogen and oxygen atoms in total. The van der Waals surface area contributed by atoms with Crippen LogP contribution in [-0.4, -0.2) is 123 Å². The minimum Gasteiger partial charge on any atom is -0.458 e. The van der Waals surface area contributed by atoms with Crippen molar-refractivity contribution in [2.45, 2.75) is 191 Å². The van der Waals surface area contributed by atoms with E-state index in [9.17, 15) is 35.1 Å². The van der Waals surface area contributed by atoms with Gasteiger partial charge in [-0.2, -0.15) is 0 Å². The van der Waals surface area contributed by atoms with Crippen molar-refractivity contribution in [3.63, 3.8) is 0 Å². The first-order chi connectivity index (χ1) is 25.1. The van der Waals surface area contributed by atoms with Gasteiger partial charge in [0.2, 0.25) is 0 Å². The smallest absolute Gasteiger partial charge is 0.330 e. The molecule has 3 saturated carbocycles. The number of fused-ring (bicyclic) bond motifs is 5. The van der Waals surface area contributed by atoms with E-state index in [1.807, 2.05) is 33.8 Å². The molecule has 0 bridgehead atoms. The Morgan fingerprint density at radius 1 is 0.944 bits per heavy atom. The Hall–Kier alpha value is -1.78. The number of rotatable bonds is 9. The van der Waals surface area contributed by atoms with Gasteiger partial charge in [-0.3, -0.25) is 4.79 Å². The van der Waals surface area contributed by atoms with Crippen molar-refractivity contribution in [3.05, 3.63) is 23.3 Å². The fraction of sp³-hybridized carbons (Fsp3) is 0.854. The summed E-state index contributed by atoms with van der Waals surface area (Å²) in [5.74, 6) is -1.60. The van der Waals surface area contributed by atoms with Crippen LogP contribution in [0.4, 0.5) is 0 Å². The lowest BCUT2D eigenvalue weighted by Crippen LogP contribution is -2.78. The van der Waals surface area contributed by atoms with Gasteiger partial charge in [-0.05, 0) is 90.9 Å². The van der Waals surface area contributed by atoms with E-state index >= 15 is 0 Å². The molecule has 0 radical (unpaired) electrons. The van der Waals surface area contributed by atoms with Gasteiger partial charge in [0.25, 0.3) is 0 Å². The average Bonchev–Trinajstić information content (AvgIpc) is 3.33. The highest BCUT2D eigenvalue weighted by molar-refractivity contribution is 5.87. The SMILES string of the molecule is CO[C@H]1C[C@H](O[C@H]2[C@@H](O)C[C@H](O[C@H]3CC[C@@]4(C)C(=CC[C@]5(O)[C@@H]4C[C@@H](OC(=O)/C=C(/C)C(C)C)[C@@]4(C)[C@]5(O)CC[C@]4(O)C(C)=O)C3)O[C@@H]2C)O[C@H](C)[C@H]1O. The molecule has 0 aromatic carbocycles. The maximum absolute atomic E-state index is 13.4. The Morgan fingerprint density at radius 3 is 2.24 bits per heavy atom. The van der Waals surface area contributed by atoms with E-state index in [-0.39, 0.29) is 44.1 Å². The van der Waals surface area contributed by atoms with Gasteiger partial charge in [-0.25, -0.2) is 4.79 Å². The Labute approximate surface area is 319 Å². The molecule has 2 saturated heterocycles. The number of hydrogen-bond donors (Lipinski definition) is 5. The fourth-order valence-corrected chi connectivity index (χ4v) is 11.0. The molecule has 0 amide bonds. The summed E-state index contributed by atoms with van der Waals surface area (Å²) in [5, 5.41) is 59.0. The summed E-state index contributed by atoms with van der Waals surface area (Å²) in [6, 6.07) is 0. The first kappa shape index (κ1) is 41.8. The summed E-state index contributed by atoms with van der Waals surface area (Å²) in [6.45, 7) is 14.3. The number of carbonyl (C=O) groups excluding carboxylic acids is 2. The van der Waals surface area contributed by atoms with E-state index in [0.717, 1.165) is 11.1 Å². The molecule has 2 heterocycles. The molecule has 5 fully saturated rings. The lowest BCUT2D eigenvalue weighted by Gasteiger charge is -2.67. The molecule has 306 valence electrons. The number of esters is 1. The van der Waals surface area contributed by atoms with Crippen LogP contribution >= 0.6 is 0 Å². The molecule has 54 heavy (non-hydrogen) atoms. The summed E-state index contributed by atoms with van der Waals surface area (Å²) < 4.78 is 36.3. The molecule has 13 heteroatoms. The first-order valence-corrected chi connectivity index (χ1v) is 19.9. The Balaban J connectivity index is 1.18. The second-order valence-corrected chi connectivity index (χ2v) is 18.0. The van der Waals surface area contributed by atoms with Crippen molar-refractivity contribution in [1.29, 1.82) is 0 Å². The molecule has 6 rings (SSSR count). The van der Waals surface area contributed by atoms with Crippen LogP contribution in [0.5, 0.6) is 0 Å². The molecule has 0 spiro atoms. The molecule has 6 aliphatic rings. The number of carbonyl (C=O) groups is 2. The Bertz CT molecular complexity index is 1480. The lowest BCUT2D eigenvalue weighted by atomic mass is 9.42. The van der Waals surface area contributed by atoms with E-state index in [1.54, 1.807) is 13.8 Å². The van der Waals surface area contributed by atoms with Crippen molar-refractivity contribution in [1.82, 2.24) is 0 Å². The zero-order chi connectivity index (χ0) is 39.8. The molecule has 2 aliphatic heterocycles. The maximum atomic E-state index is 13.4. The van der Waals surface area contributed by atoms with Gasteiger partial charge in [0, 0.05) is 31.9 Å². The second kappa shape index (κ2) is 14.9. The number of aliphatic hydroxyl groups excluding tert-OH is 2. The number of ether oxygens (including phenoxy) is 6. The molecule has 0 unspecified atom stereocenters. The standard InChI is InChI=1S/C41H64O13/c1-21(2)22(3)16-32(44)53-31-20-30-37(7)12-11-27(17-26(37)10-13-40(30,47)41(48)15-14-39(46,25(6)42)38(31,41)8)52-33-18-28(43)36(24(5)51-33)54-34-19-29(49-9)35(45)23(4)50-34/h10,16,21,23-24,27-31,33-36,43,45-48H,11-15,17-20H2,1-9H3/b22-16-/t23-,24-,27+,28+,29+,30-,31-,33+,34+,35-,36-,37+,38-,39+,40+,41-/m1/s1. The van der Waals surface area contributed by atoms with Crippen molar-refractivity contribution in [3.8, 4) is 0 Å². The number of hydrogen-bond acceptors (Lipinski definition) is 13. The monoisotopic (exact) mass is 764 g/mol. The van der Waals surface area contributed by atoms with Gasteiger partial charge in [0.15, 0.2) is 18.4 Å². The number of allylic oxidation sites excluding steroid dienone is 1. The Kier molecular flexibility index (Phi) is 11.5. The van der Waals surface area contributed by atoms with Gasteiger partial charge in [0.05, 0.1) is 35.9 Å². The van der Waals surface area contributed by atoms with Crippen LogP contribution in [0.2, 0.25) is 0 Å². The van der Waals surface area contributed by atoms with Crippen molar-refractivity contribution < 1.29 is 63.5 Å². The van der Waals surface area contributed by atoms with Gasteiger partial charge < -0.3 is 54.0 Å². The number of Topliss-reactive ketones (excluding diaryl/α,β-unsaturated/α-hetero) is 1. The van der Waals surface area contributed by atoms with E-state index in [4.69, 9.17) is 28.4 Å². The number of aliphatic hydroxyl groups is 5. The quantitative estimate of drug-likeness (QED) is 0.131. The van der Waals surface area contributed by atoms with Crippen LogP contribution in [0, 0.1) is 22.7 Å². The fourth-order valence-electron chi connectivity index (χ4n) is 11.0. The van der Waals surface area contributed by atoms with Crippen molar-refractivity contribution >= 4 is 11.8 Å². The zero-order valence-corrected chi connectivity index (χ0v) is 33.4. The second-order valence-electron chi connectivity index (χ2n) is 18.0. The molecular formula is C41H64O13. The summed E-state index contributed by atoms with van der Waals surface area (Å²) >= 11 is 0. The van der Waals surface area contributed by atoms with Crippen LogP contribution in [0.3, 0.4) is 0 Å². The van der Waals surface area contributed by atoms with E-state index < -0.39 is 101 Å². The van der Waals surface area contributed by atoms with Crippen LogP contribution < -0.4 is 0 Å². The third-order valence-corrected chi connectivity index (χ3v) is 14.9. The number of ketones is 1. The van der Waals surface area contributed by atoms with Crippen LogP contribution in [-0.2, 0) is 38.0 Å². The van der Waals surface area contributed by atoms with E-state index in [2.05, 4.69) is 6.92 Å². The predicted octanol–water partition coefficient (Wildman–Crippen LogP) is 3.40. The van der Waals surface area contributed by atoms with E-state index in [1.165, 1.54) is 20.1 Å². The third kappa shape index (κ3) is 6.56. The largest absolute Gasteiger partial charge is 0.458 e. The maximum Gasteiger partial charge on any atom is 0.330 e. The summed E-state index contributed by atoms with van der Waals surface area (Å²) in [4.78, 5) is 26.5. The minimum absolute atomic E-state index is 0.0302. The molecule has 16 atom stereocenters.